The zero-order valence-electron chi connectivity index (χ0n) is 6.91. The van der Waals surface area contributed by atoms with Crippen molar-refractivity contribution in [1.29, 1.82) is 5.41 Å². The Hall–Kier alpha value is -1.64. The number of hydrogen-bond donors (Lipinski definition) is 2. The van der Waals surface area contributed by atoms with Gasteiger partial charge in [0, 0.05) is 18.6 Å². The lowest BCUT2D eigenvalue weighted by atomic mass is 10.3. The fourth-order valence-corrected chi connectivity index (χ4v) is 0.687. The van der Waals surface area contributed by atoms with Crippen LogP contribution in [0.25, 0.3) is 0 Å². The summed E-state index contributed by atoms with van der Waals surface area (Å²) in [6, 6.07) is 3.77. The summed E-state index contributed by atoms with van der Waals surface area (Å²) < 4.78 is 0. The Bertz CT molecular complexity index is 277. The first kappa shape index (κ1) is 8.46. The molecule has 0 aliphatic heterocycles. The zero-order chi connectivity index (χ0) is 8.81. The van der Waals surface area contributed by atoms with E-state index in [-0.39, 0.29) is 0 Å². The molecule has 0 atom stereocenters. The number of nitrogens with one attached hydrogen (secondary N) is 2. The molecule has 0 aliphatic carbocycles. The van der Waals surface area contributed by atoms with E-state index in [1.165, 1.54) is 6.21 Å². The van der Waals surface area contributed by atoms with E-state index in [0.29, 0.717) is 0 Å². The Kier molecular flexibility index (Phi) is 3.02. The van der Waals surface area contributed by atoms with Crippen molar-refractivity contribution < 1.29 is 0 Å². The lowest BCUT2D eigenvalue weighted by molar-refractivity contribution is 1.32. The second kappa shape index (κ2) is 4.28. The van der Waals surface area contributed by atoms with Gasteiger partial charge in [-0.2, -0.15) is 0 Å². The Labute approximate surface area is 71.7 Å². The van der Waals surface area contributed by atoms with Crippen molar-refractivity contribution in [1.82, 2.24) is 4.98 Å². The van der Waals surface area contributed by atoms with Crippen LogP contribution in [0.4, 0.5) is 5.69 Å². The van der Waals surface area contributed by atoms with E-state index < -0.39 is 0 Å². The average molecular weight is 161 g/mol. The number of aromatic nitrogens is 1. The van der Waals surface area contributed by atoms with Crippen LogP contribution >= 0.6 is 0 Å². The van der Waals surface area contributed by atoms with Crippen LogP contribution < -0.4 is 5.32 Å². The molecule has 0 unspecified atom stereocenters. The molecule has 3 nitrogen and oxygen atoms in total. The molecular weight excluding hydrogens is 150 g/mol. The molecule has 3 heteroatoms. The number of rotatable bonds is 3. The van der Waals surface area contributed by atoms with Crippen molar-refractivity contribution in [2.24, 2.45) is 0 Å². The fourth-order valence-electron chi connectivity index (χ4n) is 0.687. The molecule has 1 aromatic rings. The summed E-state index contributed by atoms with van der Waals surface area (Å²) in [5.41, 5.74) is 1.80. The Balaban J connectivity index is 2.60. The predicted octanol–water partition coefficient (Wildman–Crippen LogP) is 2.05. The molecule has 0 aliphatic rings. The Morgan fingerprint density at radius 1 is 1.67 bits per heavy atom. The lowest BCUT2D eigenvalue weighted by Crippen LogP contribution is -1.90. The molecule has 1 aromatic heterocycles. The summed E-state index contributed by atoms with van der Waals surface area (Å²) in [6.45, 7) is 1.86. The summed E-state index contributed by atoms with van der Waals surface area (Å²) in [6.07, 6.45) is 6.51. The van der Waals surface area contributed by atoms with E-state index in [0.717, 1.165) is 11.3 Å². The van der Waals surface area contributed by atoms with Gasteiger partial charge in [0.2, 0.25) is 0 Å². The fraction of sp³-hybridized carbons (Fsp3) is 0.111. The molecule has 1 rings (SSSR count). The summed E-state index contributed by atoms with van der Waals surface area (Å²) in [7, 11) is 0. The van der Waals surface area contributed by atoms with Crippen molar-refractivity contribution >= 4 is 11.9 Å². The molecule has 12 heavy (non-hydrogen) atoms. The highest BCUT2D eigenvalue weighted by atomic mass is 14.9. The first-order valence-electron chi connectivity index (χ1n) is 3.67. The molecule has 1 heterocycles. The van der Waals surface area contributed by atoms with Gasteiger partial charge in [0.15, 0.2) is 0 Å². The molecule has 0 spiro atoms. The second-order valence-electron chi connectivity index (χ2n) is 2.42. The quantitative estimate of drug-likeness (QED) is 0.666. The summed E-state index contributed by atoms with van der Waals surface area (Å²) in [5.74, 6) is 0. The van der Waals surface area contributed by atoms with Gasteiger partial charge in [0.25, 0.3) is 0 Å². The third kappa shape index (κ3) is 2.54. The number of anilines is 1. The smallest absolute Gasteiger partial charge is 0.0566 e. The summed E-state index contributed by atoms with van der Waals surface area (Å²) in [4.78, 5) is 3.94. The van der Waals surface area contributed by atoms with E-state index in [1.54, 1.807) is 18.6 Å². The standard InChI is InChI=1S/C9H11N3/c1-8(5-10)6-12-9-3-2-4-11-7-9/h2-7,10,12H,1H3/b8-6-,10-5?. The van der Waals surface area contributed by atoms with Crippen LogP contribution in [0, 0.1) is 5.41 Å². The number of hydrogen-bond acceptors (Lipinski definition) is 3. The summed E-state index contributed by atoms with van der Waals surface area (Å²) in [5, 5.41) is 9.95. The molecule has 0 amide bonds. The SMILES string of the molecule is C/C(C=N)=C/Nc1cccnc1. The van der Waals surface area contributed by atoms with Gasteiger partial charge < -0.3 is 10.7 Å². The number of pyridine rings is 1. The highest BCUT2D eigenvalue weighted by Crippen LogP contribution is 2.02. The van der Waals surface area contributed by atoms with Gasteiger partial charge in [0.1, 0.15) is 0 Å². The van der Waals surface area contributed by atoms with E-state index in [2.05, 4.69) is 10.3 Å². The molecular formula is C9H11N3. The van der Waals surface area contributed by atoms with Crippen molar-refractivity contribution in [2.45, 2.75) is 6.92 Å². The van der Waals surface area contributed by atoms with Crippen LogP contribution in [0.15, 0.2) is 36.3 Å². The second-order valence-corrected chi connectivity index (χ2v) is 2.42. The third-order valence-corrected chi connectivity index (χ3v) is 1.36. The van der Waals surface area contributed by atoms with Crippen LogP contribution in [0.1, 0.15) is 6.92 Å². The molecule has 2 N–H and O–H groups in total. The molecule has 62 valence electrons. The monoisotopic (exact) mass is 161 g/mol. The van der Waals surface area contributed by atoms with Gasteiger partial charge in [-0.25, -0.2) is 0 Å². The van der Waals surface area contributed by atoms with Gasteiger partial charge in [-0.3, -0.25) is 4.98 Å². The predicted molar refractivity (Wildman–Crippen MR) is 50.4 cm³/mol. The molecule has 0 saturated heterocycles. The third-order valence-electron chi connectivity index (χ3n) is 1.36. The van der Waals surface area contributed by atoms with Gasteiger partial charge in [-0.1, -0.05) is 0 Å². The Morgan fingerprint density at radius 2 is 2.50 bits per heavy atom. The number of allylic oxidation sites excluding steroid dienone is 1. The zero-order valence-corrected chi connectivity index (χ0v) is 6.91. The van der Waals surface area contributed by atoms with E-state index in [4.69, 9.17) is 5.41 Å². The van der Waals surface area contributed by atoms with Crippen LogP contribution in [0.3, 0.4) is 0 Å². The highest BCUT2D eigenvalue weighted by molar-refractivity contribution is 5.75. The van der Waals surface area contributed by atoms with Crippen molar-refractivity contribution in [3.8, 4) is 0 Å². The normalized spacial score (nSPS) is 10.9. The highest BCUT2D eigenvalue weighted by Gasteiger charge is 1.85. The van der Waals surface area contributed by atoms with Crippen LogP contribution in [0.5, 0.6) is 0 Å². The first-order chi connectivity index (χ1) is 5.83. The van der Waals surface area contributed by atoms with Crippen LogP contribution in [0.2, 0.25) is 0 Å². The van der Waals surface area contributed by atoms with Crippen molar-refractivity contribution in [3.63, 3.8) is 0 Å². The maximum atomic E-state index is 6.93. The maximum Gasteiger partial charge on any atom is 0.0566 e. The minimum Gasteiger partial charge on any atom is -0.360 e. The Morgan fingerprint density at radius 3 is 3.08 bits per heavy atom. The van der Waals surface area contributed by atoms with Crippen LogP contribution in [-0.2, 0) is 0 Å². The minimum absolute atomic E-state index is 0.874. The van der Waals surface area contributed by atoms with Gasteiger partial charge in [-0.05, 0) is 24.6 Å². The average Bonchev–Trinajstić information content (AvgIpc) is 2.16. The molecule has 0 fully saturated rings. The van der Waals surface area contributed by atoms with Gasteiger partial charge >= 0.3 is 0 Å². The molecule has 0 bridgehead atoms. The van der Waals surface area contributed by atoms with Gasteiger partial charge in [-0.15, -0.1) is 0 Å². The van der Waals surface area contributed by atoms with E-state index >= 15 is 0 Å². The maximum absolute atomic E-state index is 6.93. The molecule has 0 radical (unpaired) electrons. The van der Waals surface area contributed by atoms with Gasteiger partial charge in [0.05, 0.1) is 11.9 Å². The first-order valence-corrected chi connectivity index (χ1v) is 3.67. The van der Waals surface area contributed by atoms with E-state index in [1.807, 2.05) is 19.1 Å². The lowest BCUT2D eigenvalue weighted by Gasteiger charge is -1.98. The number of nitrogens with zero attached hydrogens (tertiary/aromatic N) is 1. The van der Waals surface area contributed by atoms with Crippen molar-refractivity contribution in [3.05, 3.63) is 36.3 Å². The minimum atomic E-state index is 0.874. The molecule has 0 aromatic carbocycles. The largest absolute Gasteiger partial charge is 0.360 e. The van der Waals surface area contributed by atoms with E-state index in [9.17, 15) is 0 Å². The van der Waals surface area contributed by atoms with Crippen molar-refractivity contribution in [2.75, 3.05) is 5.32 Å². The summed E-state index contributed by atoms with van der Waals surface area (Å²) >= 11 is 0. The van der Waals surface area contributed by atoms with Crippen LogP contribution in [-0.4, -0.2) is 11.2 Å². The molecule has 0 saturated carbocycles. The topological polar surface area (TPSA) is 48.8 Å².